The Morgan fingerprint density at radius 2 is 0.857 bits per heavy atom. The van der Waals surface area contributed by atoms with Crippen molar-refractivity contribution in [1.29, 1.82) is 0 Å². The smallest absolute Gasteiger partial charge is 0.0972 e. The van der Waals surface area contributed by atoms with Crippen LogP contribution in [0, 0.1) is 0 Å². The summed E-state index contributed by atoms with van der Waals surface area (Å²) in [5, 5.41) is 7.09. The van der Waals surface area contributed by atoms with E-state index in [1.54, 1.807) is 12.4 Å². The Morgan fingerprint density at radius 3 is 1.57 bits per heavy atom. The normalized spacial score (nSPS) is 11.7. The van der Waals surface area contributed by atoms with Crippen molar-refractivity contribution in [2.24, 2.45) is 0 Å². The molecule has 2 aromatic heterocycles. The number of hydrogen-bond donors (Lipinski definition) is 0. The second-order valence-electron chi connectivity index (χ2n) is 12.6. The van der Waals surface area contributed by atoms with Crippen LogP contribution < -0.4 is 0 Å². The molecule has 3 heteroatoms. The SMILES string of the molecule is c1ccc(-c2cccc(-c3ccc(-c4ccc(-n5c6ccccc6c6ccc7c8nccnc8c8ccccc8c7c65)cc4)cc3)c2)cc1. The Balaban J connectivity index is 1.10. The van der Waals surface area contributed by atoms with Crippen molar-refractivity contribution in [3.63, 3.8) is 0 Å². The van der Waals surface area contributed by atoms with Gasteiger partial charge in [0, 0.05) is 45.0 Å². The van der Waals surface area contributed by atoms with Gasteiger partial charge >= 0.3 is 0 Å². The highest BCUT2D eigenvalue weighted by molar-refractivity contribution is 6.32. The standard InChI is InChI=1S/C46H29N3/c1-2-9-30(10-3-1)34-11-8-12-35(29-34)33-19-17-31(18-20-33)32-21-23-36(24-22-32)49-42-16-7-6-13-37(42)40-25-26-41-43(46(40)49)38-14-4-5-15-39(38)44-45(41)48-28-27-47-44/h1-29H. The van der Waals surface area contributed by atoms with Crippen molar-refractivity contribution in [3.05, 3.63) is 176 Å². The topological polar surface area (TPSA) is 30.7 Å². The lowest BCUT2D eigenvalue weighted by Gasteiger charge is -2.14. The monoisotopic (exact) mass is 623 g/mol. The number of hydrogen-bond acceptors (Lipinski definition) is 2. The molecule has 0 bridgehead atoms. The van der Waals surface area contributed by atoms with Gasteiger partial charge in [-0.15, -0.1) is 0 Å². The van der Waals surface area contributed by atoms with E-state index in [2.05, 4.69) is 168 Å². The average Bonchev–Trinajstić information content (AvgIpc) is 3.53. The number of benzene rings is 8. The van der Waals surface area contributed by atoms with Crippen LogP contribution in [0.4, 0.5) is 0 Å². The fourth-order valence-corrected chi connectivity index (χ4v) is 7.60. The summed E-state index contributed by atoms with van der Waals surface area (Å²) in [5.41, 5.74) is 12.6. The summed E-state index contributed by atoms with van der Waals surface area (Å²) in [6.45, 7) is 0. The van der Waals surface area contributed by atoms with Gasteiger partial charge in [0.15, 0.2) is 0 Å². The number of rotatable bonds is 4. The maximum Gasteiger partial charge on any atom is 0.0972 e. The summed E-state index contributed by atoms with van der Waals surface area (Å²) in [4.78, 5) is 9.61. The van der Waals surface area contributed by atoms with Crippen LogP contribution in [-0.2, 0) is 0 Å². The Bertz CT molecular complexity index is 2810. The van der Waals surface area contributed by atoms with Crippen LogP contribution in [0.25, 0.3) is 93.5 Å². The van der Waals surface area contributed by atoms with Gasteiger partial charge in [0.2, 0.25) is 0 Å². The molecular weight excluding hydrogens is 595 g/mol. The predicted octanol–water partition coefficient (Wildman–Crippen LogP) is 12.0. The molecule has 8 aromatic carbocycles. The summed E-state index contributed by atoms with van der Waals surface area (Å²) in [5.74, 6) is 0. The van der Waals surface area contributed by atoms with Crippen molar-refractivity contribution in [2.45, 2.75) is 0 Å². The molecule has 2 heterocycles. The molecule has 0 aliphatic heterocycles. The molecule has 228 valence electrons. The molecule has 0 saturated heterocycles. The molecular formula is C46H29N3. The summed E-state index contributed by atoms with van der Waals surface area (Å²) in [7, 11) is 0. The van der Waals surface area contributed by atoms with Crippen molar-refractivity contribution in [1.82, 2.24) is 14.5 Å². The van der Waals surface area contributed by atoms with E-state index in [-0.39, 0.29) is 0 Å². The van der Waals surface area contributed by atoms with E-state index in [1.807, 2.05) is 0 Å². The molecule has 0 saturated carbocycles. The minimum atomic E-state index is 0.931. The highest BCUT2D eigenvalue weighted by Gasteiger charge is 2.19. The Kier molecular flexibility index (Phi) is 6.18. The Hall–Kier alpha value is -6.58. The Morgan fingerprint density at radius 1 is 0.347 bits per heavy atom. The van der Waals surface area contributed by atoms with Gasteiger partial charge in [-0.05, 0) is 63.0 Å². The van der Waals surface area contributed by atoms with Gasteiger partial charge in [0.05, 0.1) is 22.1 Å². The van der Waals surface area contributed by atoms with E-state index in [0.717, 1.165) is 27.5 Å². The number of nitrogens with zero attached hydrogens (tertiary/aromatic N) is 3. The van der Waals surface area contributed by atoms with Crippen LogP contribution in [0.1, 0.15) is 0 Å². The first-order valence-electron chi connectivity index (χ1n) is 16.7. The van der Waals surface area contributed by atoms with Crippen LogP contribution in [0.5, 0.6) is 0 Å². The molecule has 10 rings (SSSR count). The van der Waals surface area contributed by atoms with Crippen LogP contribution in [0.15, 0.2) is 176 Å². The van der Waals surface area contributed by atoms with Gasteiger partial charge in [-0.1, -0.05) is 140 Å². The summed E-state index contributed by atoms with van der Waals surface area (Å²) in [6, 6.07) is 59.0. The third kappa shape index (κ3) is 4.37. The lowest BCUT2D eigenvalue weighted by Crippen LogP contribution is -1.96. The van der Waals surface area contributed by atoms with Crippen LogP contribution in [0.3, 0.4) is 0 Å². The van der Waals surface area contributed by atoms with Crippen LogP contribution >= 0.6 is 0 Å². The quantitative estimate of drug-likeness (QED) is 0.183. The van der Waals surface area contributed by atoms with E-state index in [0.29, 0.717) is 0 Å². The second kappa shape index (κ2) is 11.0. The first-order valence-corrected chi connectivity index (χ1v) is 16.7. The molecule has 0 radical (unpaired) electrons. The number of para-hydroxylation sites is 1. The molecule has 10 aromatic rings. The molecule has 0 aliphatic rings. The fourth-order valence-electron chi connectivity index (χ4n) is 7.60. The molecule has 0 atom stereocenters. The van der Waals surface area contributed by atoms with Crippen molar-refractivity contribution < 1.29 is 0 Å². The third-order valence-corrected chi connectivity index (χ3v) is 9.89. The molecule has 0 N–H and O–H groups in total. The van der Waals surface area contributed by atoms with E-state index >= 15 is 0 Å². The maximum atomic E-state index is 4.84. The zero-order valence-electron chi connectivity index (χ0n) is 26.6. The van der Waals surface area contributed by atoms with Gasteiger partial charge in [-0.3, -0.25) is 9.97 Å². The lowest BCUT2D eigenvalue weighted by atomic mass is 9.97. The Labute approximate surface area is 283 Å². The van der Waals surface area contributed by atoms with Gasteiger partial charge in [-0.25, -0.2) is 0 Å². The van der Waals surface area contributed by atoms with Crippen LogP contribution in [-0.4, -0.2) is 14.5 Å². The average molecular weight is 624 g/mol. The van der Waals surface area contributed by atoms with Gasteiger partial charge in [-0.2, -0.15) is 0 Å². The highest BCUT2D eigenvalue weighted by atomic mass is 15.0. The minimum Gasteiger partial charge on any atom is -0.309 e. The zero-order valence-corrected chi connectivity index (χ0v) is 26.6. The summed E-state index contributed by atoms with van der Waals surface area (Å²) >= 11 is 0. The maximum absolute atomic E-state index is 4.84. The molecule has 0 aliphatic carbocycles. The molecule has 0 fully saturated rings. The van der Waals surface area contributed by atoms with E-state index in [4.69, 9.17) is 9.97 Å². The van der Waals surface area contributed by atoms with Gasteiger partial charge in [0.1, 0.15) is 0 Å². The molecule has 0 amide bonds. The minimum absolute atomic E-state index is 0.931. The van der Waals surface area contributed by atoms with E-state index in [1.165, 1.54) is 66.0 Å². The first-order chi connectivity index (χ1) is 24.3. The number of fused-ring (bicyclic) bond motifs is 10. The van der Waals surface area contributed by atoms with Crippen molar-refractivity contribution in [2.75, 3.05) is 0 Å². The molecule has 0 spiro atoms. The number of aromatic nitrogens is 3. The summed E-state index contributed by atoms with van der Waals surface area (Å²) in [6.07, 6.45) is 3.58. The fraction of sp³-hybridized carbons (Fsp3) is 0. The predicted molar refractivity (Wildman–Crippen MR) is 205 cm³/mol. The van der Waals surface area contributed by atoms with E-state index in [9.17, 15) is 0 Å². The second-order valence-corrected chi connectivity index (χ2v) is 12.6. The summed E-state index contributed by atoms with van der Waals surface area (Å²) < 4.78 is 2.42. The van der Waals surface area contributed by atoms with Crippen molar-refractivity contribution >= 4 is 54.4 Å². The van der Waals surface area contributed by atoms with Crippen molar-refractivity contribution in [3.8, 4) is 39.1 Å². The third-order valence-electron chi connectivity index (χ3n) is 9.89. The zero-order chi connectivity index (χ0) is 32.3. The van der Waals surface area contributed by atoms with Crippen LogP contribution in [0.2, 0.25) is 0 Å². The first kappa shape index (κ1) is 27.5. The van der Waals surface area contributed by atoms with Gasteiger partial charge < -0.3 is 4.57 Å². The lowest BCUT2D eigenvalue weighted by molar-refractivity contribution is 1.19. The molecule has 0 unspecified atom stereocenters. The van der Waals surface area contributed by atoms with E-state index < -0.39 is 0 Å². The van der Waals surface area contributed by atoms with Gasteiger partial charge in [0.25, 0.3) is 0 Å². The molecule has 3 nitrogen and oxygen atoms in total. The highest BCUT2D eigenvalue weighted by Crippen LogP contribution is 2.42. The molecule has 49 heavy (non-hydrogen) atoms. The largest absolute Gasteiger partial charge is 0.309 e.